The summed E-state index contributed by atoms with van der Waals surface area (Å²) in [5.41, 5.74) is 0.688. The van der Waals surface area contributed by atoms with Gasteiger partial charge >= 0.3 is 5.97 Å². The van der Waals surface area contributed by atoms with Gasteiger partial charge in [-0.05, 0) is 13.0 Å². The molecule has 0 spiro atoms. The van der Waals surface area contributed by atoms with E-state index in [0.717, 1.165) is 6.42 Å². The van der Waals surface area contributed by atoms with E-state index in [9.17, 15) is 4.79 Å². The fourth-order valence-electron chi connectivity index (χ4n) is 1.23. The fourth-order valence-corrected chi connectivity index (χ4v) is 1.23. The van der Waals surface area contributed by atoms with Gasteiger partial charge in [0, 0.05) is 18.8 Å². The molecule has 1 aromatic rings. The zero-order valence-electron chi connectivity index (χ0n) is 8.40. The molecule has 1 heterocycles. The van der Waals surface area contributed by atoms with Crippen molar-refractivity contribution in [2.24, 2.45) is 7.05 Å². The van der Waals surface area contributed by atoms with Gasteiger partial charge in [0.15, 0.2) is 0 Å². The Morgan fingerprint density at radius 3 is 2.93 bits per heavy atom. The number of carboxylic acid groups (broad SMARTS) is 1. The van der Waals surface area contributed by atoms with Gasteiger partial charge in [0.1, 0.15) is 6.04 Å². The van der Waals surface area contributed by atoms with Gasteiger partial charge in [-0.2, -0.15) is 5.10 Å². The molecule has 0 amide bonds. The first-order valence-corrected chi connectivity index (χ1v) is 4.60. The Morgan fingerprint density at radius 1 is 1.79 bits per heavy atom. The molecule has 0 aliphatic heterocycles. The van der Waals surface area contributed by atoms with E-state index in [-0.39, 0.29) is 0 Å². The minimum Gasteiger partial charge on any atom is -0.480 e. The second-order valence-electron chi connectivity index (χ2n) is 3.17. The molecular formula is C9H15N3O2. The van der Waals surface area contributed by atoms with Gasteiger partial charge in [0.05, 0.1) is 6.20 Å². The maximum absolute atomic E-state index is 10.9. The van der Waals surface area contributed by atoms with Crippen molar-refractivity contribution in [1.82, 2.24) is 15.1 Å². The number of aryl methyl sites for hydroxylation is 1. The van der Waals surface area contributed by atoms with E-state index < -0.39 is 12.0 Å². The van der Waals surface area contributed by atoms with Crippen LogP contribution in [0.5, 0.6) is 0 Å². The topological polar surface area (TPSA) is 67.2 Å². The third kappa shape index (κ3) is 2.56. The Kier molecular flexibility index (Phi) is 3.64. The van der Waals surface area contributed by atoms with Gasteiger partial charge in [0.2, 0.25) is 0 Å². The molecule has 0 aliphatic carbocycles. The van der Waals surface area contributed by atoms with Crippen LogP contribution in [0.1, 0.15) is 24.9 Å². The molecule has 1 rings (SSSR count). The summed E-state index contributed by atoms with van der Waals surface area (Å²) in [5.74, 6) is -0.869. The molecule has 1 aromatic heterocycles. The first kappa shape index (κ1) is 10.7. The third-order valence-electron chi connectivity index (χ3n) is 1.90. The molecule has 0 fully saturated rings. The Labute approximate surface area is 82.7 Å². The lowest BCUT2D eigenvalue weighted by atomic mass is 10.1. The van der Waals surface area contributed by atoms with Crippen molar-refractivity contribution in [2.45, 2.75) is 19.4 Å². The van der Waals surface area contributed by atoms with Crippen LogP contribution in [0.25, 0.3) is 0 Å². The van der Waals surface area contributed by atoms with Crippen molar-refractivity contribution < 1.29 is 9.90 Å². The van der Waals surface area contributed by atoms with Crippen LogP contribution in [0.15, 0.2) is 12.4 Å². The van der Waals surface area contributed by atoms with Gasteiger partial charge in [-0.25, -0.2) is 0 Å². The molecule has 0 saturated carbocycles. The lowest BCUT2D eigenvalue weighted by Gasteiger charge is -2.11. The van der Waals surface area contributed by atoms with Crippen LogP contribution < -0.4 is 5.32 Å². The fraction of sp³-hybridized carbons (Fsp3) is 0.556. The molecule has 1 atom stereocenters. The van der Waals surface area contributed by atoms with Crippen LogP contribution in [0.3, 0.4) is 0 Å². The average Bonchev–Trinajstić information content (AvgIpc) is 2.52. The van der Waals surface area contributed by atoms with Crippen molar-refractivity contribution in [3.63, 3.8) is 0 Å². The Morgan fingerprint density at radius 2 is 2.50 bits per heavy atom. The van der Waals surface area contributed by atoms with Crippen molar-refractivity contribution in [2.75, 3.05) is 6.54 Å². The maximum Gasteiger partial charge on any atom is 0.325 e. The van der Waals surface area contributed by atoms with Crippen molar-refractivity contribution in [1.29, 1.82) is 0 Å². The number of hydrogen-bond donors (Lipinski definition) is 2. The van der Waals surface area contributed by atoms with E-state index in [2.05, 4.69) is 10.4 Å². The van der Waals surface area contributed by atoms with E-state index in [1.165, 1.54) is 0 Å². The second kappa shape index (κ2) is 4.76. The maximum atomic E-state index is 10.9. The molecule has 5 heteroatoms. The first-order valence-electron chi connectivity index (χ1n) is 4.60. The number of nitrogens with one attached hydrogen (secondary N) is 1. The monoisotopic (exact) mass is 197 g/mol. The first-order chi connectivity index (χ1) is 6.65. The standard InChI is InChI=1S/C9H15N3O2/c1-3-4-10-8(9(13)14)7-5-11-12(2)6-7/h5-6,8,10H,3-4H2,1-2H3,(H,13,14). The van der Waals surface area contributed by atoms with E-state index in [0.29, 0.717) is 12.1 Å². The molecule has 0 radical (unpaired) electrons. The number of aromatic nitrogens is 2. The summed E-state index contributed by atoms with van der Waals surface area (Å²) < 4.78 is 1.60. The van der Waals surface area contributed by atoms with Gasteiger partial charge in [-0.15, -0.1) is 0 Å². The van der Waals surface area contributed by atoms with Crippen LogP contribution in [0.2, 0.25) is 0 Å². The number of rotatable bonds is 5. The SMILES string of the molecule is CCCNC(C(=O)O)c1cnn(C)c1. The average molecular weight is 197 g/mol. The predicted molar refractivity (Wildman–Crippen MR) is 51.9 cm³/mol. The summed E-state index contributed by atoms with van der Waals surface area (Å²) in [4.78, 5) is 10.9. The molecule has 14 heavy (non-hydrogen) atoms. The molecular weight excluding hydrogens is 182 g/mol. The van der Waals surface area contributed by atoms with E-state index in [4.69, 9.17) is 5.11 Å². The highest BCUT2D eigenvalue weighted by atomic mass is 16.4. The third-order valence-corrected chi connectivity index (χ3v) is 1.90. The molecule has 0 bridgehead atoms. The largest absolute Gasteiger partial charge is 0.480 e. The van der Waals surface area contributed by atoms with Gasteiger partial charge < -0.3 is 10.4 Å². The van der Waals surface area contributed by atoms with E-state index in [1.54, 1.807) is 24.1 Å². The summed E-state index contributed by atoms with van der Waals surface area (Å²) in [6.07, 6.45) is 4.19. The summed E-state index contributed by atoms with van der Waals surface area (Å²) in [7, 11) is 1.77. The quantitative estimate of drug-likeness (QED) is 0.723. The Balaban J connectivity index is 2.72. The predicted octanol–water partition coefficient (Wildman–Crippen LogP) is 0.545. The van der Waals surface area contributed by atoms with Gasteiger partial charge in [-0.1, -0.05) is 6.92 Å². The number of carboxylic acids is 1. The van der Waals surface area contributed by atoms with Crippen LogP contribution in [0, 0.1) is 0 Å². The highest BCUT2D eigenvalue weighted by molar-refractivity contribution is 5.75. The van der Waals surface area contributed by atoms with E-state index in [1.807, 2.05) is 6.92 Å². The number of hydrogen-bond acceptors (Lipinski definition) is 3. The number of aliphatic carboxylic acids is 1. The molecule has 2 N–H and O–H groups in total. The van der Waals surface area contributed by atoms with Crippen LogP contribution in [-0.4, -0.2) is 27.4 Å². The number of carbonyl (C=O) groups is 1. The number of nitrogens with zero attached hydrogens (tertiary/aromatic N) is 2. The highest BCUT2D eigenvalue weighted by Gasteiger charge is 2.19. The normalized spacial score (nSPS) is 12.7. The highest BCUT2D eigenvalue weighted by Crippen LogP contribution is 2.11. The Bertz CT molecular complexity index is 309. The molecule has 0 aromatic carbocycles. The van der Waals surface area contributed by atoms with Crippen LogP contribution in [-0.2, 0) is 11.8 Å². The smallest absolute Gasteiger partial charge is 0.325 e. The molecule has 78 valence electrons. The minimum atomic E-state index is -0.869. The van der Waals surface area contributed by atoms with Gasteiger partial charge in [-0.3, -0.25) is 9.48 Å². The van der Waals surface area contributed by atoms with Crippen molar-refractivity contribution in [3.05, 3.63) is 18.0 Å². The summed E-state index contributed by atoms with van der Waals surface area (Å²) in [5, 5.41) is 15.8. The molecule has 0 saturated heterocycles. The lowest BCUT2D eigenvalue weighted by Crippen LogP contribution is -2.28. The van der Waals surface area contributed by atoms with E-state index >= 15 is 0 Å². The minimum absolute atomic E-state index is 0.649. The summed E-state index contributed by atoms with van der Waals surface area (Å²) in [6, 6.07) is -0.649. The molecule has 0 aliphatic rings. The summed E-state index contributed by atoms with van der Waals surface area (Å²) >= 11 is 0. The van der Waals surface area contributed by atoms with Crippen molar-refractivity contribution >= 4 is 5.97 Å². The molecule has 1 unspecified atom stereocenters. The zero-order valence-corrected chi connectivity index (χ0v) is 8.40. The van der Waals surface area contributed by atoms with Crippen LogP contribution >= 0.6 is 0 Å². The lowest BCUT2D eigenvalue weighted by molar-refractivity contribution is -0.139. The van der Waals surface area contributed by atoms with Crippen LogP contribution in [0.4, 0.5) is 0 Å². The Hall–Kier alpha value is -1.36. The second-order valence-corrected chi connectivity index (χ2v) is 3.17. The van der Waals surface area contributed by atoms with Crippen molar-refractivity contribution in [3.8, 4) is 0 Å². The zero-order chi connectivity index (χ0) is 10.6. The summed E-state index contributed by atoms with van der Waals surface area (Å²) in [6.45, 7) is 2.68. The molecule has 5 nitrogen and oxygen atoms in total. The van der Waals surface area contributed by atoms with Gasteiger partial charge in [0.25, 0.3) is 0 Å².